The number of carboxylic acids is 1. The van der Waals surface area contributed by atoms with Gasteiger partial charge in [-0.25, -0.2) is 0 Å². The van der Waals surface area contributed by atoms with E-state index < -0.39 is 19.6 Å². The van der Waals surface area contributed by atoms with Crippen LogP contribution in [0.15, 0.2) is 0 Å². The molecule has 100 valence electrons. The van der Waals surface area contributed by atoms with Crippen molar-refractivity contribution in [1.29, 1.82) is 0 Å². The van der Waals surface area contributed by atoms with Crippen LogP contribution in [0.1, 0.15) is 39.0 Å². The maximum Gasteiger partial charge on any atom is 0.309 e. The lowest BCUT2D eigenvalue weighted by Crippen LogP contribution is -2.52. The third-order valence-corrected chi connectivity index (χ3v) is 7.13. The van der Waals surface area contributed by atoms with Crippen LogP contribution in [0.5, 0.6) is 0 Å². The Labute approximate surface area is 106 Å². The van der Waals surface area contributed by atoms with Crippen molar-refractivity contribution in [3.8, 4) is 0 Å². The van der Waals surface area contributed by atoms with Gasteiger partial charge in [0.25, 0.3) is 0 Å². The highest BCUT2D eigenvalue weighted by Gasteiger charge is 2.42. The second kappa shape index (κ2) is 5.10. The molecule has 3 nitrogen and oxygen atoms in total. The molecule has 1 aliphatic carbocycles. The van der Waals surface area contributed by atoms with Gasteiger partial charge in [0.05, 0.1) is 5.41 Å². The predicted molar refractivity (Wildman–Crippen MR) is 73.7 cm³/mol. The quantitative estimate of drug-likeness (QED) is 0.786. The van der Waals surface area contributed by atoms with Crippen molar-refractivity contribution in [2.75, 3.05) is 7.05 Å². The highest BCUT2D eigenvalue weighted by Crippen LogP contribution is 2.41. The molecule has 1 N–H and O–H groups in total. The van der Waals surface area contributed by atoms with E-state index in [4.69, 9.17) is 0 Å². The maximum absolute atomic E-state index is 11.4. The Bertz CT molecular complexity index is 278. The zero-order chi connectivity index (χ0) is 13.3. The maximum atomic E-state index is 11.4. The molecule has 0 bridgehead atoms. The number of hydrogen-bond acceptors (Lipinski definition) is 2. The van der Waals surface area contributed by atoms with Crippen LogP contribution in [-0.4, -0.2) is 37.0 Å². The Morgan fingerprint density at radius 3 is 2.12 bits per heavy atom. The van der Waals surface area contributed by atoms with Gasteiger partial charge in [-0.05, 0) is 39.2 Å². The number of carboxylic acid groups (broad SMARTS) is 1. The molecule has 17 heavy (non-hydrogen) atoms. The van der Waals surface area contributed by atoms with Gasteiger partial charge in [0.1, 0.15) is 8.24 Å². The summed E-state index contributed by atoms with van der Waals surface area (Å²) in [5.41, 5.74) is -0.434. The van der Waals surface area contributed by atoms with Crippen LogP contribution >= 0.6 is 0 Å². The number of nitrogens with zero attached hydrogens (tertiary/aromatic N) is 1. The van der Waals surface area contributed by atoms with E-state index in [2.05, 4.69) is 31.3 Å². The SMILES string of the molecule is CCC1(C(=O)O)CCC(N(C)[Si](C)(C)C)CC1. The van der Waals surface area contributed by atoms with Crippen LogP contribution in [0, 0.1) is 5.41 Å². The van der Waals surface area contributed by atoms with Gasteiger partial charge >= 0.3 is 5.97 Å². The van der Waals surface area contributed by atoms with Gasteiger partial charge in [-0.2, -0.15) is 0 Å². The Morgan fingerprint density at radius 2 is 1.82 bits per heavy atom. The second-order valence-electron chi connectivity index (χ2n) is 6.45. The zero-order valence-electron chi connectivity index (χ0n) is 11.9. The molecule has 0 saturated heterocycles. The molecular weight excluding hydrogens is 230 g/mol. The van der Waals surface area contributed by atoms with E-state index in [1.807, 2.05) is 6.92 Å². The highest BCUT2D eigenvalue weighted by molar-refractivity contribution is 6.73. The zero-order valence-corrected chi connectivity index (χ0v) is 12.9. The first-order valence-electron chi connectivity index (χ1n) is 6.69. The summed E-state index contributed by atoms with van der Waals surface area (Å²) in [7, 11) is 0.973. The average Bonchev–Trinajstić information content (AvgIpc) is 2.26. The standard InChI is InChI=1S/C13H27NO2Si/c1-6-13(12(15)16)9-7-11(8-10-13)14(2)17(3,4)5/h11H,6-10H2,1-5H3,(H,15,16). The number of hydrogen-bond donors (Lipinski definition) is 1. The Hall–Kier alpha value is -0.353. The Kier molecular flexibility index (Phi) is 4.41. The first-order valence-corrected chi connectivity index (χ1v) is 10.1. The molecule has 0 aromatic heterocycles. The lowest BCUT2D eigenvalue weighted by atomic mass is 9.71. The number of aliphatic carboxylic acids is 1. The van der Waals surface area contributed by atoms with E-state index in [-0.39, 0.29) is 0 Å². The third-order valence-electron chi connectivity index (χ3n) is 4.65. The van der Waals surface area contributed by atoms with Crippen molar-refractivity contribution in [1.82, 2.24) is 4.57 Å². The van der Waals surface area contributed by atoms with Crippen molar-refractivity contribution >= 4 is 14.2 Å². The van der Waals surface area contributed by atoms with E-state index in [9.17, 15) is 9.90 Å². The van der Waals surface area contributed by atoms with Crippen molar-refractivity contribution in [2.24, 2.45) is 5.41 Å². The molecule has 0 aromatic carbocycles. The van der Waals surface area contributed by atoms with Gasteiger partial charge in [-0.3, -0.25) is 4.79 Å². The highest BCUT2D eigenvalue weighted by atomic mass is 28.3. The first kappa shape index (κ1) is 14.7. The van der Waals surface area contributed by atoms with Crippen molar-refractivity contribution in [2.45, 2.75) is 64.7 Å². The van der Waals surface area contributed by atoms with Crippen molar-refractivity contribution in [3.05, 3.63) is 0 Å². The van der Waals surface area contributed by atoms with Crippen LogP contribution < -0.4 is 0 Å². The molecule has 1 saturated carbocycles. The molecule has 0 atom stereocenters. The van der Waals surface area contributed by atoms with Crippen LogP contribution in [0.25, 0.3) is 0 Å². The fraction of sp³-hybridized carbons (Fsp3) is 0.923. The molecule has 1 aliphatic rings. The minimum atomic E-state index is -1.25. The molecule has 1 rings (SSSR count). The summed E-state index contributed by atoms with van der Waals surface area (Å²) in [6, 6.07) is 0.598. The molecule has 4 heteroatoms. The van der Waals surface area contributed by atoms with E-state index in [1.165, 1.54) is 0 Å². The smallest absolute Gasteiger partial charge is 0.309 e. The Balaban J connectivity index is 2.65. The average molecular weight is 257 g/mol. The summed E-state index contributed by atoms with van der Waals surface area (Å²) in [5, 5.41) is 9.37. The number of rotatable bonds is 4. The van der Waals surface area contributed by atoms with Gasteiger partial charge in [0.15, 0.2) is 0 Å². The molecule has 0 unspecified atom stereocenters. The van der Waals surface area contributed by atoms with E-state index in [0.29, 0.717) is 6.04 Å². The van der Waals surface area contributed by atoms with Crippen molar-refractivity contribution in [3.63, 3.8) is 0 Å². The summed E-state index contributed by atoms with van der Waals surface area (Å²) in [5.74, 6) is -0.589. The van der Waals surface area contributed by atoms with Gasteiger partial charge in [0.2, 0.25) is 0 Å². The molecular formula is C13H27NO2Si. The lowest BCUT2D eigenvalue weighted by Gasteiger charge is -2.44. The molecule has 0 radical (unpaired) electrons. The topological polar surface area (TPSA) is 40.5 Å². The molecule has 1 fully saturated rings. The molecule has 0 amide bonds. The minimum Gasteiger partial charge on any atom is -0.481 e. The molecule has 0 aromatic rings. The summed E-state index contributed by atoms with van der Waals surface area (Å²) in [6.45, 7) is 9.07. The Morgan fingerprint density at radius 1 is 1.35 bits per heavy atom. The fourth-order valence-corrected chi connectivity index (χ4v) is 4.16. The van der Waals surface area contributed by atoms with Crippen LogP contribution in [0.3, 0.4) is 0 Å². The van der Waals surface area contributed by atoms with Crippen LogP contribution in [0.4, 0.5) is 0 Å². The summed E-state index contributed by atoms with van der Waals surface area (Å²) >= 11 is 0. The van der Waals surface area contributed by atoms with Crippen LogP contribution in [0.2, 0.25) is 19.6 Å². The largest absolute Gasteiger partial charge is 0.481 e. The van der Waals surface area contributed by atoms with E-state index in [1.54, 1.807) is 0 Å². The summed E-state index contributed by atoms with van der Waals surface area (Å²) in [6.07, 6.45) is 4.55. The van der Waals surface area contributed by atoms with Crippen LogP contribution in [-0.2, 0) is 4.79 Å². The monoisotopic (exact) mass is 257 g/mol. The summed E-state index contributed by atoms with van der Waals surface area (Å²) < 4.78 is 2.54. The van der Waals surface area contributed by atoms with E-state index in [0.717, 1.165) is 32.1 Å². The fourth-order valence-electron chi connectivity index (χ4n) is 2.81. The normalized spacial score (nSPS) is 30.6. The molecule has 0 spiro atoms. The predicted octanol–water partition coefficient (Wildman–Crippen LogP) is 3.18. The minimum absolute atomic E-state index is 0.434. The third kappa shape index (κ3) is 3.10. The first-order chi connectivity index (χ1) is 7.73. The van der Waals surface area contributed by atoms with Gasteiger partial charge in [0, 0.05) is 6.04 Å². The van der Waals surface area contributed by atoms with Gasteiger partial charge in [-0.15, -0.1) is 0 Å². The second-order valence-corrected chi connectivity index (χ2v) is 11.5. The molecule has 0 heterocycles. The van der Waals surface area contributed by atoms with Gasteiger partial charge < -0.3 is 9.67 Å². The summed E-state index contributed by atoms with van der Waals surface area (Å²) in [4.78, 5) is 11.4. The lowest BCUT2D eigenvalue weighted by molar-refractivity contribution is -0.151. The van der Waals surface area contributed by atoms with Crippen molar-refractivity contribution < 1.29 is 9.90 Å². The van der Waals surface area contributed by atoms with E-state index >= 15 is 0 Å². The number of carbonyl (C=O) groups is 1. The van der Waals surface area contributed by atoms with Gasteiger partial charge in [-0.1, -0.05) is 26.6 Å². The molecule has 0 aliphatic heterocycles.